The number of hydrogen-bond donors (Lipinski definition) is 2. The Labute approximate surface area is 151 Å². The lowest BCUT2D eigenvalue weighted by Gasteiger charge is -2.18. The number of aromatic nitrogens is 1. The van der Waals surface area contributed by atoms with Crippen LogP contribution >= 0.6 is 0 Å². The van der Waals surface area contributed by atoms with Crippen molar-refractivity contribution in [3.8, 4) is 0 Å². The van der Waals surface area contributed by atoms with Crippen molar-refractivity contribution in [2.45, 2.75) is 26.3 Å². The normalized spacial score (nSPS) is 13.3. The fraction of sp³-hybridized carbons (Fsp3) is 0.250. The molecule has 2 unspecified atom stereocenters. The van der Waals surface area contributed by atoms with E-state index >= 15 is 0 Å². The highest BCUT2D eigenvalue weighted by atomic mass is 16.6. The molecule has 3 rings (SSSR count). The highest BCUT2D eigenvalue weighted by Gasteiger charge is 2.18. The van der Waals surface area contributed by atoms with Crippen molar-refractivity contribution >= 4 is 22.5 Å². The van der Waals surface area contributed by atoms with E-state index in [0.717, 1.165) is 22.0 Å². The minimum atomic E-state index is -0.434. The second-order valence-corrected chi connectivity index (χ2v) is 6.54. The molecule has 2 aromatic carbocycles. The van der Waals surface area contributed by atoms with Gasteiger partial charge in [-0.1, -0.05) is 37.3 Å². The SMILES string of the molecule is CC(Cc1c[nH]c2ccccc12)C(=O)NC(C)c1ccc([N+](=O)[O-])cc1. The molecule has 2 N–H and O–H groups in total. The van der Waals surface area contributed by atoms with Crippen molar-refractivity contribution in [3.63, 3.8) is 0 Å². The lowest BCUT2D eigenvalue weighted by molar-refractivity contribution is -0.384. The third kappa shape index (κ3) is 3.74. The molecule has 0 fully saturated rings. The van der Waals surface area contributed by atoms with Crippen LogP contribution in [0.4, 0.5) is 5.69 Å². The average molecular weight is 351 g/mol. The van der Waals surface area contributed by atoms with Crippen LogP contribution in [0.25, 0.3) is 10.9 Å². The molecule has 1 aromatic heterocycles. The summed E-state index contributed by atoms with van der Waals surface area (Å²) in [4.78, 5) is 26.1. The fourth-order valence-corrected chi connectivity index (χ4v) is 3.05. The standard InChI is InChI=1S/C20H21N3O3/c1-13(11-16-12-21-19-6-4-3-5-18(16)19)20(24)22-14(2)15-7-9-17(10-8-15)23(25)26/h3-10,12-14,21H,11H2,1-2H3,(H,22,24). The molecule has 0 radical (unpaired) electrons. The summed E-state index contributed by atoms with van der Waals surface area (Å²) in [6.45, 7) is 3.77. The van der Waals surface area contributed by atoms with Crippen LogP contribution in [0.2, 0.25) is 0 Å². The Bertz CT molecular complexity index is 931. The van der Waals surface area contributed by atoms with E-state index < -0.39 is 4.92 Å². The summed E-state index contributed by atoms with van der Waals surface area (Å²) < 4.78 is 0. The number of nitrogens with one attached hydrogen (secondary N) is 2. The highest BCUT2D eigenvalue weighted by molar-refractivity contribution is 5.84. The van der Waals surface area contributed by atoms with Crippen LogP contribution in [0.1, 0.15) is 31.0 Å². The molecule has 134 valence electrons. The molecule has 1 heterocycles. The maximum absolute atomic E-state index is 12.5. The lowest BCUT2D eigenvalue weighted by Crippen LogP contribution is -2.32. The Kier molecular flexibility index (Phi) is 5.02. The van der Waals surface area contributed by atoms with Gasteiger partial charge in [0.2, 0.25) is 5.91 Å². The number of nitrogens with zero attached hydrogens (tertiary/aromatic N) is 1. The van der Waals surface area contributed by atoms with Crippen molar-refractivity contribution in [2.75, 3.05) is 0 Å². The van der Waals surface area contributed by atoms with E-state index in [2.05, 4.69) is 10.3 Å². The van der Waals surface area contributed by atoms with Gasteiger partial charge in [0.15, 0.2) is 0 Å². The highest BCUT2D eigenvalue weighted by Crippen LogP contribution is 2.22. The van der Waals surface area contributed by atoms with Gasteiger partial charge in [-0.3, -0.25) is 14.9 Å². The monoisotopic (exact) mass is 351 g/mol. The molecule has 6 nitrogen and oxygen atoms in total. The Morgan fingerprint density at radius 3 is 2.54 bits per heavy atom. The van der Waals surface area contributed by atoms with Gasteiger partial charge < -0.3 is 10.3 Å². The summed E-state index contributed by atoms with van der Waals surface area (Å²) >= 11 is 0. The first kappa shape index (κ1) is 17.7. The zero-order valence-electron chi connectivity index (χ0n) is 14.7. The Hall–Kier alpha value is -3.15. The Morgan fingerprint density at radius 1 is 1.15 bits per heavy atom. The second kappa shape index (κ2) is 7.39. The van der Waals surface area contributed by atoms with Crippen molar-refractivity contribution in [1.82, 2.24) is 10.3 Å². The van der Waals surface area contributed by atoms with Crippen molar-refractivity contribution in [2.24, 2.45) is 5.92 Å². The first-order valence-electron chi connectivity index (χ1n) is 8.55. The number of rotatable bonds is 6. The quantitative estimate of drug-likeness (QED) is 0.517. The molecule has 6 heteroatoms. The Morgan fingerprint density at radius 2 is 1.85 bits per heavy atom. The molecular formula is C20H21N3O3. The summed E-state index contributed by atoms with van der Waals surface area (Å²) in [7, 11) is 0. The van der Waals surface area contributed by atoms with Crippen LogP contribution < -0.4 is 5.32 Å². The third-order valence-corrected chi connectivity index (χ3v) is 4.61. The molecule has 2 atom stereocenters. The number of nitro groups is 1. The topological polar surface area (TPSA) is 88.0 Å². The van der Waals surface area contributed by atoms with Gasteiger partial charge in [0.25, 0.3) is 5.69 Å². The van der Waals surface area contributed by atoms with Crippen LogP contribution in [-0.4, -0.2) is 15.8 Å². The van der Waals surface area contributed by atoms with Gasteiger partial charge >= 0.3 is 0 Å². The van der Waals surface area contributed by atoms with Crippen LogP contribution in [0.15, 0.2) is 54.7 Å². The molecule has 0 aliphatic heterocycles. The lowest BCUT2D eigenvalue weighted by atomic mass is 9.99. The Balaban J connectivity index is 1.64. The van der Waals surface area contributed by atoms with Gasteiger partial charge in [0.05, 0.1) is 11.0 Å². The fourth-order valence-electron chi connectivity index (χ4n) is 3.05. The zero-order chi connectivity index (χ0) is 18.7. The summed E-state index contributed by atoms with van der Waals surface area (Å²) in [5, 5.41) is 14.8. The number of carbonyl (C=O) groups excluding carboxylic acids is 1. The van der Waals surface area contributed by atoms with Gasteiger partial charge in [-0.05, 0) is 30.5 Å². The van der Waals surface area contributed by atoms with E-state index in [1.807, 2.05) is 44.3 Å². The number of hydrogen-bond acceptors (Lipinski definition) is 3. The number of fused-ring (bicyclic) bond motifs is 1. The maximum atomic E-state index is 12.5. The van der Waals surface area contributed by atoms with E-state index in [1.54, 1.807) is 12.1 Å². The summed E-state index contributed by atoms with van der Waals surface area (Å²) in [6, 6.07) is 14.1. The van der Waals surface area contributed by atoms with Gasteiger partial charge in [-0.25, -0.2) is 0 Å². The van der Waals surface area contributed by atoms with Crippen molar-refractivity contribution < 1.29 is 9.72 Å². The molecule has 0 bridgehead atoms. The average Bonchev–Trinajstić information content (AvgIpc) is 3.04. The number of benzene rings is 2. The molecule has 0 spiro atoms. The first-order chi connectivity index (χ1) is 12.5. The van der Waals surface area contributed by atoms with Crippen LogP contribution in [-0.2, 0) is 11.2 Å². The number of para-hydroxylation sites is 1. The van der Waals surface area contributed by atoms with Crippen LogP contribution in [0.3, 0.4) is 0 Å². The van der Waals surface area contributed by atoms with Crippen LogP contribution in [0, 0.1) is 16.0 Å². The van der Waals surface area contributed by atoms with E-state index in [9.17, 15) is 14.9 Å². The minimum absolute atomic E-state index is 0.0406. The number of amides is 1. The molecular weight excluding hydrogens is 330 g/mol. The van der Waals surface area contributed by atoms with E-state index in [-0.39, 0.29) is 23.6 Å². The first-order valence-corrected chi connectivity index (χ1v) is 8.55. The molecule has 0 saturated heterocycles. The molecule has 26 heavy (non-hydrogen) atoms. The van der Waals surface area contributed by atoms with E-state index in [4.69, 9.17) is 0 Å². The molecule has 3 aromatic rings. The molecule has 0 aliphatic rings. The third-order valence-electron chi connectivity index (χ3n) is 4.61. The van der Waals surface area contributed by atoms with Gasteiger partial charge in [0.1, 0.15) is 0 Å². The van der Waals surface area contributed by atoms with Crippen molar-refractivity contribution in [3.05, 3.63) is 76.0 Å². The number of nitro benzene ring substituents is 1. The number of H-pyrrole nitrogens is 1. The molecule has 1 amide bonds. The summed E-state index contributed by atoms with van der Waals surface area (Å²) in [5.74, 6) is -0.226. The predicted molar refractivity (Wildman–Crippen MR) is 101 cm³/mol. The van der Waals surface area contributed by atoms with Gasteiger partial charge in [-0.15, -0.1) is 0 Å². The van der Waals surface area contributed by atoms with Gasteiger partial charge in [0, 0.05) is 35.2 Å². The number of non-ortho nitro benzene ring substituents is 1. The van der Waals surface area contributed by atoms with Crippen LogP contribution in [0.5, 0.6) is 0 Å². The van der Waals surface area contributed by atoms with E-state index in [0.29, 0.717) is 6.42 Å². The maximum Gasteiger partial charge on any atom is 0.269 e. The molecule has 0 aliphatic carbocycles. The smallest absolute Gasteiger partial charge is 0.269 e. The summed E-state index contributed by atoms with van der Waals surface area (Å²) in [6.07, 6.45) is 2.59. The minimum Gasteiger partial charge on any atom is -0.361 e. The largest absolute Gasteiger partial charge is 0.361 e. The second-order valence-electron chi connectivity index (χ2n) is 6.54. The predicted octanol–water partition coefficient (Wildman–Crippen LogP) is 4.13. The van der Waals surface area contributed by atoms with Crippen molar-refractivity contribution in [1.29, 1.82) is 0 Å². The number of aromatic amines is 1. The van der Waals surface area contributed by atoms with Gasteiger partial charge in [-0.2, -0.15) is 0 Å². The number of carbonyl (C=O) groups is 1. The summed E-state index contributed by atoms with van der Waals surface area (Å²) in [5.41, 5.74) is 3.06. The molecule has 0 saturated carbocycles. The van der Waals surface area contributed by atoms with E-state index in [1.165, 1.54) is 12.1 Å². The zero-order valence-corrected chi connectivity index (χ0v) is 14.7.